The molecule has 0 bridgehead atoms. The van der Waals surface area contributed by atoms with Gasteiger partial charge in [-0.15, -0.1) is 0 Å². The first-order valence-electron chi connectivity index (χ1n) is 5.83. The maximum absolute atomic E-state index is 11.8. The Labute approximate surface area is 133 Å². The molecule has 2 aromatic rings. The van der Waals surface area contributed by atoms with Crippen LogP contribution >= 0.6 is 43.6 Å². The van der Waals surface area contributed by atoms with Gasteiger partial charge in [-0.2, -0.15) is 0 Å². The Morgan fingerprint density at radius 2 is 1.95 bits per heavy atom. The fourth-order valence-electron chi connectivity index (χ4n) is 1.62. The second-order valence-corrected chi connectivity index (χ2v) is 7.02. The monoisotopic (exact) mass is 401 g/mol. The van der Waals surface area contributed by atoms with Gasteiger partial charge in [0, 0.05) is 21.6 Å². The molecule has 0 aliphatic carbocycles. The van der Waals surface area contributed by atoms with Crippen molar-refractivity contribution in [3.05, 3.63) is 42.5 Å². The summed E-state index contributed by atoms with van der Waals surface area (Å²) in [5.41, 5.74) is 0. The van der Waals surface area contributed by atoms with Crippen molar-refractivity contribution in [3.63, 3.8) is 0 Å². The van der Waals surface area contributed by atoms with Gasteiger partial charge in [0.15, 0.2) is 0 Å². The Kier molecular flexibility index (Phi) is 5.73. The molecule has 2 rings (SSSR count). The van der Waals surface area contributed by atoms with Gasteiger partial charge in [0.05, 0.1) is 0 Å². The number of amides is 1. The van der Waals surface area contributed by atoms with E-state index in [4.69, 9.17) is 0 Å². The normalized spacial score (nSPS) is 12.3. The summed E-state index contributed by atoms with van der Waals surface area (Å²) in [5, 5.41) is 6.00. The van der Waals surface area contributed by atoms with Crippen LogP contribution in [0.3, 0.4) is 0 Å². The molecule has 0 aromatic heterocycles. The van der Waals surface area contributed by atoms with Crippen LogP contribution in [0.4, 0.5) is 4.79 Å². The second kappa shape index (κ2) is 7.31. The maximum Gasteiger partial charge on any atom is 0.283 e. The molecule has 19 heavy (non-hydrogen) atoms. The van der Waals surface area contributed by atoms with Crippen molar-refractivity contribution in [2.45, 2.75) is 9.72 Å². The first-order valence-corrected chi connectivity index (χ1v) is 8.69. The van der Waals surface area contributed by atoms with E-state index in [1.165, 1.54) is 17.1 Å². The Morgan fingerprint density at radius 1 is 1.21 bits per heavy atom. The van der Waals surface area contributed by atoms with Gasteiger partial charge in [0.25, 0.3) is 5.24 Å². The van der Waals surface area contributed by atoms with E-state index >= 15 is 0 Å². The molecule has 0 aliphatic rings. The fourth-order valence-corrected chi connectivity index (χ4v) is 2.70. The molecular formula is C14H13Br2NOS. The number of carbonyl (C=O) groups is 1. The highest BCUT2D eigenvalue weighted by atomic mass is 79.9. The number of hydrogen-bond acceptors (Lipinski definition) is 2. The number of thioether (sulfide) groups is 1. The summed E-state index contributed by atoms with van der Waals surface area (Å²) < 4.78 is 0. The zero-order chi connectivity index (χ0) is 13.7. The average Bonchev–Trinajstić information content (AvgIpc) is 2.44. The highest BCUT2D eigenvalue weighted by Crippen LogP contribution is 2.24. The molecular weight excluding hydrogens is 390 g/mol. The Bertz CT molecular complexity index is 576. The number of fused-ring (bicyclic) bond motifs is 1. The molecule has 0 heterocycles. The molecule has 0 saturated heterocycles. The molecule has 0 spiro atoms. The number of halogens is 2. The van der Waals surface area contributed by atoms with Gasteiger partial charge in [-0.1, -0.05) is 62.2 Å². The molecule has 5 heteroatoms. The summed E-state index contributed by atoms with van der Waals surface area (Å²) in [7, 11) is 0. The van der Waals surface area contributed by atoms with Gasteiger partial charge < -0.3 is 5.32 Å². The highest BCUT2D eigenvalue weighted by molar-refractivity contribution is 9.12. The highest BCUT2D eigenvalue weighted by Gasteiger charge is 2.07. The summed E-state index contributed by atoms with van der Waals surface area (Å²) in [6.07, 6.45) is 0. The van der Waals surface area contributed by atoms with E-state index in [9.17, 15) is 4.79 Å². The predicted octanol–water partition coefficient (Wildman–Crippen LogP) is 4.80. The van der Waals surface area contributed by atoms with Gasteiger partial charge in [-0.25, -0.2) is 0 Å². The van der Waals surface area contributed by atoms with E-state index < -0.39 is 0 Å². The van der Waals surface area contributed by atoms with Crippen LogP contribution in [0.5, 0.6) is 0 Å². The largest absolute Gasteiger partial charge is 0.346 e. The predicted molar refractivity (Wildman–Crippen MR) is 89.7 cm³/mol. The lowest BCUT2D eigenvalue weighted by Gasteiger charge is -2.08. The molecule has 1 amide bonds. The lowest BCUT2D eigenvalue weighted by molar-refractivity contribution is 0.261. The van der Waals surface area contributed by atoms with Crippen LogP contribution in [0.2, 0.25) is 0 Å². The number of hydrogen-bond donors (Lipinski definition) is 1. The quantitative estimate of drug-likeness (QED) is 0.587. The molecule has 100 valence electrons. The minimum absolute atomic E-state index is 0.0271. The zero-order valence-corrected chi connectivity index (χ0v) is 14.1. The molecule has 2 nitrogen and oxygen atoms in total. The van der Waals surface area contributed by atoms with Crippen LogP contribution in [0.1, 0.15) is 0 Å². The molecule has 2 aromatic carbocycles. The molecule has 0 aliphatic heterocycles. The molecule has 0 saturated carbocycles. The molecule has 1 N–H and O–H groups in total. The number of alkyl halides is 2. The van der Waals surface area contributed by atoms with Gasteiger partial charge in [-0.05, 0) is 34.7 Å². The van der Waals surface area contributed by atoms with Crippen molar-refractivity contribution in [2.24, 2.45) is 0 Å². The van der Waals surface area contributed by atoms with E-state index in [0.717, 1.165) is 15.6 Å². The topological polar surface area (TPSA) is 29.1 Å². The summed E-state index contributed by atoms with van der Waals surface area (Å²) in [4.78, 5) is 13.0. The number of rotatable bonds is 4. The van der Waals surface area contributed by atoms with Crippen molar-refractivity contribution in [1.82, 2.24) is 5.32 Å². The Morgan fingerprint density at radius 3 is 2.68 bits per heavy atom. The second-order valence-electron chi connectivity index (χ2n) is 4.03. The third-order valence-corrected chi connectivity index (χ3v) is 5.68. The lowest BCUT2D eigenvalue weighted by Crippen LogP contribution is -2.26. The molecule has 1 unspecified atom stereocenters. The summed E-state index contributed by atoms with van der Waals surface area (Å²) in [6.45, 7) is 0.616. The minimum Gasteiger partial charge on any atom is -0.346 e. The minimum atomic E-state index is -0.0271. The molecule has 0 fully saturated rings. The van der Waals surface area contributed by atoms with Crippen LogP contribution in [0.25, 0.3) is 10.8 Å². The van der Waals surface area contributed by atoms with E-state index in [1.54, 1.807) is 0 Å². The van der Waals surface area contributed by atoms with Crippen LogP contribution in [0, 0.1) is 0 Å². The van der Waals surface area contributed by atoms with E-state index in [1.807, 2.05) is 30.3 Å². The van der Waals surface area contributed by atoms with Crippen LogP contribution in [-0.4, -0.2) is 21.9 Å². The number of carbonyl (C=O) groups excluding carboxylic acids is 1. The smallest absolute Gasteiger partial charge is 0.283 e. The van der Waals surface area contributed by atoms with E-state index in [0.29, 0.717) is 6.54 Å². The fraction of sp³-hybridized carbons (Fsp3) is 0.214. The number of benzene rings is 2. The molecule has 0 radical (unpaired) electrons. The van der Waals surface area contributed by atoms with E-state index in [2.05, 4.69) is 49.3 Å². The van der Waals surface area contributed by atoms with Crippen molar-refractivity contribution < 1.29 is 4.79 Å². The number of nitrogens with one attached hydrogen (secondary N) is 1. The van der Waals surface area contributed by atoms with Gasteiger partial charge in [0.2, 0.25) is 0 Å². The average molecular weight is 403 g/mol. The first-order chi connectivity index (χ1) is 9.19. The van der Waals surface area contributed by atoms with Gasteiger partial charge in [-0.3, -0.25) is 4.79 Å². The van der Waals surface area contributed by atoms with Crippen molar-refractivity contribution in [3.8, 4) is 0 Å². The van der Waals surface area contributed by atoms with Gasteiger partial charge in [0.1, 0.15) is 0 Å². The van der Waals surface area contributed by atoms with E-state index in [-0.39, 0.29) is 10.1 Å². The maximum atomic E-state index is 11.8. The van der Waals surface area contributed by atoms with Crippen molar-refractivity contribution >= 4 is 59.6 Å². The van der Waals surface area contributed by atoms with Crippen LogP contribution in [-0.2, 0) is 0 Å². The SMILES string of the molecule is O=C(NCC(Br)CBr)Sc1ccc2ccccc2c1. The first kappa shape index (κ1) is 14.9. The Hall–Kier alpha value is -0.520. The summed E-state index contributed by atoms with van der Waals surface area (Å²) in [6, 6.07) is 14.2. The Balaban J connectivity index is 1.99. The standard InChI is InChI=1S/C14H13Br2NOS/c15-8-12(16)9-17-14(18)19-13-6-5-10-3-1-2-4-11(10)7-13/h1-7,12H,8-9H2,(H,17,18). The summed E-state index contributed by atoms with van der Waals surface area (Å²) >= 11 is 8.03. The van der Waals surface area contributed by atoms with Crippen molar-refractivity contribution in [2.75, 3.05) is 11.9 Å². The van der Waals surface area contributed by atoms with Gasteiger partial charge >= 0.3 is 0 Å². The van der Waals surface area contributed by atoms with Crippen LogP contribution < -0.4 is 5.32 Å². The third kappa shape index (κ3) is 4.51. The van der Waals surface area contributed by atoms with Crippen molar-refractivity contribution in [1.29, 1.82) is 0 Å². The third-order valence-electron chi connectivity index (χ3n) is 2.57. The lowest BCUT2D eigenvalue weighted by atomic mass is 10.1. The molecule has 1 atom stereocenters. The van der Waals surface area contributed by atoms with Crippen LogP contribution in [0.15, 0.2) is 47.4 Å². The zero-order valence-electron chi connectivity index (χ0n) is 10.1. The summed E-state index contributed by atoms with van der Waals surface area (Å²) in [5.74, 6) is 0.